The summed E-state index contributed by atoms with van der Waals surface area (Å²) in [6.07, 6.45) is 0. The molecule has 2 aromatic heterocycles. The first-order valence-corrected chi connectivity index (χ1v) is 13.0. The van der Waals surface area contributed by atoms with Gasteiger partial charge in [-0.1, -0.05) is 72.4 Å². The van der Waals surface area contributed by atoms with Crippen molar-refractivity contribution in [1.29, 1.82) is 0 Å². The van der Waals surface area contributed by atoms with E-state index in [0.29, 0.717) is 17.6 Å². The topological polar surface area (TPSA) is 77.0 Å². The Morgan fingerprint density at radius 2 is 1.69 bits per heavy atom. The van der Waals surface area contributed by atoms with Crippen molar-refractivity contribution in [3.63, 3.8) is 0 Å². The molecule has 1 amide bonds. The molecule has 1 N–H and O–H groups in total. The minimum Gasteiger partial charge on any atom is -0.494 e. The molecule has 0 aliphatic heterocycles. The number of nitrogens with zero attached hydrogens (tertiary/aromatic N) is 3. The van der Waals surface area contributed by atoms with Crippen molar-refractivity contribution in [3.05, 3.63) is 84.2 Å². The standard InChI is InChI=1S/C27H22N4O2S2/c1-2-33-20-13-14-22-21(15-20)26(31-25(28-22)19-11-7-4-8-12-19)34-17-24(32)30-27-29-23(16-35-27)18-9-5-3-6-10-18/h3-16H,2,17H2,1H3,(H,29,30,32). The monoisotopic (exact) mass is 498 g/mol. The number of benzene rings is 3. The summed E-state index contributed by atoms with van der Waals surface area (Å²) in [5.74, 6) is 1.42. The van der Waals surface area contributed by atoms with Gasteiger partial charge >= 0.3 is 0 Å². The fourth-order valence-electron chi connectivity index (χ4n) is 3.52. The summed E-state index contributed by atoms with van der Waals surface area (Å²) >= 11 is 2.78. The van der Waals surface area contributed by atoms with Crippen molar-refractivity contribution in [2.24, 2.45) is 0 Å². The minimum atomic E-state index is -0.141. The van der Waals surface area contributed by atoms with Crippen molar-refractivity contribution in [2.45, 2.75) is 11.9 Å². The molecule has 5 rings (SSSR count). The molecule has 8 heteroatoms. The maximum Gasteiger partial charge on any atom is 0.236 e. The van der Waals surface area contributed by atoms with Gasteiger partial charge in [0.25, 0.3) is 0 Å². The van der Waals surface area contributed by atoms with Gasteiger partial charge in [-0.3, -0.25) is 4.79 Å². The molecule has 5 aromatic rings. The zero-order valence-electron chi connectivity index (χ0n) is 19.0. The third kappa shape index (κ3) is 5.50. The number of rotatable bonds is 8. The van der Waals surface area contributed by atoms with E-state index in [4.69, 9.17) is 14.7 Å². The SMILES string of the molecule is CCOc1ccc2nc(-c3ccccc3)nc(SCC(=O)Nc3nc(-c4ccccc4)cs3)c2c1. The Bertz CT molecular complexity index is 1460. The number of hydrogen-bond donors (Lipinski definition) is 1. The van der Waals surface area contributed by atoms with Gasteiger partial charge in [-0.05, 0) is 25.1 Å². The van der Waals surface area contributed by atoms with Crippen LogP contribution < -0.4 is 10.1 Å². The Morgan fingerprint density at radius 3 is 2.43 bits per heavy atom. The van der Waals surface area contributed by atoms with Gasteiger partial charge < -0.3 is 10.1 Å². The quantitative estimate of drug-likeness (QED) is 0.193. The van der Waals surface area contributed by atoms with Crippen LogP contribution in [0.4, 0.5) is 5.13 Å². The predicted molar refractivity (Wildman–Crippen MR) is 143 cm³/mol. The van der Waals surface area contributed by atoms with Crippen LogP contribution in [0.1, 0.15) is 6.92 Å². The van der Waals surface area contributed by atoms with Crippen LogP contribution in [-0.2, 0) is 4.79 Å². The number of thiazole rings is 1. The Morgan fingerprint density at radius 1 is 0.943 bits per heavy atom. The van der Waals surface area contributed by atoms with Crippen molar-refractivity contribution >= 4 is 45.0 Å². The molecule has 174 valence electrons. The van der Waals surface area contributed by atoms with E-state index in [9.17, 15) is 4.79 Å². The van der Waals surface area contributed by atoms with Crippen LogP contribution in [0.3, 0.4) is 0 Å². The van der Waals surface area contributed by atoms with Crippen LogP contribution >= 0.6 is 23.1 Å². The van der Waals surface area contributed by atoms with Gasteiger partial charge in [0, 0.05) is 21.9 Å². The van der Waals surface area contributed by atoms with Gasteiger partial charge in [-0.2, -0.15) is 0 Å². The fraction of sp³-hybridized carbons (Fsp3) is 0.111. The predicted octanol–water partition coefficient (Wildman–Crippen LogP) is 6.55. The van der Waals surface area contributed by atoms with E-state index in [-0.39, 0.29) is 11.7 Å². The largest absolute Gasteiger partial charge is 0.494 e. The molecule has 0 radical (unpaired) electrons. The van der Waals surface area contributed by atoms with Gasteiger partial charge in [-0.15, -0.1) is 11.3 Å². The van der Waals surface area contributed by atoms with E-state index < -0.39 is 0 Å². The second-order valence-corrected chi connectivity index (χ2v) is 9.39. The van der Waals surface area contributed by atoms with Gasteiger partial charge in [0.1, 0.15) is 10.8 Å². The van der Waals surface area contributed by atoms with Crippen LogP contribution in [0.15, 0.2) is 89.3 Å². The van der Waals surface area contributed by atoms with Crippen molar-refractivity contribution in [3.8, 4) is 28.4 Å². The van der Waals surface area contributed by atoms with Crippen LogP contribution in [0.2, 0.25) is 0 Å². The number of aromatic nitrogens is 3. The lowest BCUT2D eigenvalue weighted by Crippen LogP contribution is -2.14. The van der Waals surface area contributed by atoms with E-state index in [1.165, 1.54) is 23.1 Å². The number of nitrogens with one attached hydrogen (secondary N) is 1. The molecule has 0 saturated carbocycles. The first kappa shape index (κ1) is 23.0. The minimum absolute atomic E-state index is 0.141. The molecule has 0 bridgehead atoms. The Kier molecular flexibility index (Phi) is 7.02. The van der Waals surface area contributed by atoms with Gasteiger partial charge in [-0.25, -0.2) is 15.0 Å². The Labute approximate surface area is 211 Å². The van der Waals surface area contributed by atoms with Gasteiger partial charge in [0.05, 0.1) is 23.6 Å². The molecule has 35 heavy (non-hydrogen) atoms. The number of ether oxygens (including phenoxy) is 1. The molecular weight excluding hydrogens is 476 g/mol. The first-order valence-electron chi connectivity index (χ1n) is 11.1. The summed E-state index contributed by atoms with van der Waals surface area (Å²) in [5.41, 5.74) is 3.59. The van der Waals surface area contributed by atoms with E-state index in [1.807, 2.05) is 91.2 Å². The van der Waals surface area contributed by atoms with Gasteiger partial charge in [0.2, 0.25) is 5.91 Å². The number of carbonyl (C=O) groups excluding carboxylic acids is 1. The highest BCUT2D eigenvalue weighted by Gasteiger charge is 2.14. The molecule has 0 aliphatic rings. The molecule has 3 aromatic carbocycles. The third-order valence-electron chi connectivity index (χ3n) is 5.14. The summed E-state index contributed by atoms with van der Waals surface area (Å²) in [5, 5.41) is 7.01. The highest BCUT2D eigenvalue weighted by Crippen LogP contribution is 2.31. The molecule has 0 unspecified atom stereocenters. The first-order chi connectivity index (χ1) is 17.2. The molecule has 0 fully saturated rings. The fourth-order valence-corrected chi connectivity index (χ4v) is 5.07. The maximum atomic E-state index is 12.8. The molecular formula is C27H22N4O2S2. The van der Waals surface area contributed by atoms with E-state index in [2.05, 4.69) is 10.3 Å². The second-order valence-electron chi connectivity index (χ2n) is 7.57. The maximum absolute atomic E-state index is 12.8. The lowest BCUT2D eigenvalue weighted by molar-refractivity contribution is -0.113. The van der Waals surface area contributed by atoms with Crippen molar-refractivity contribution in [1.82, 2.24) is 15.0 Å². The third-order valence-corrected chi connectivity index (χ3v) is 6.88. The smallest absolute Gasteiger partial charge is 0.236 e. The second kappa shape index (κ2) is 10.7. The number of thioether (sulfide) groups is 1. The van der Waals surface area contributed by atoms with E-state index in [1.54, 1.807) is 0 Å². The Hall–Kier alpha value is -3.75. The highest BCUT2D eigenvalue weighted by molar-refractivity contribution is 8.00. The van der Waals surface area contributed by atoms with Gasteiger partial charge in [0.15, 0.2) is 11.0 Å². The van der Waals surface area contributed by atoms with E-state index in [0.717, 1.165) is 38.5 Å². The number of carbonyl (C=O) groups is 1. The summed E-state index contributed by atoms with van der Waals surface area (Å²) in [7, 11) is 0. The lowest BCUT2D eigenvalue weighted by atomic mass is 10.2. The molecule has 2 heterocycles. The summed E-state index contributed by atoms with van der Waals surface area (Å²) in [4.78, 5) is 26.8. The number of hydrogen-bond acceptors (Lipinski definition) is 7. The number of fused-ring (bicyclic) bond motifs is 1. The van der Waals surface area contributed by atoms with Crippen LogP contribution in [0.5, 0.6) is 5.75 Å². The van der Waals surface area contributed by atoms with Crippen LogP contribution in [0.25, 0.3) is 33.5 Å². The highest BCUT2D eigenvalue weighted by atomic mass is 32.2. The molecule has 0 aliphatic carbocycles. The van der Waals surface area contributed by atoms with Crippen LogP contribution in [0, 0.1) is 0 Å². The van der Waals surface area contributed by atoms with Crippen molar-refractivity contribution in [2.75, 3.05) is 17.7 Å². The zero-order chi connectivity index (χ0) is 24.0. The normalized spacial score (nSPS) is 10.9. The average molecular weight is 499 g/mol. The zero-order valence-corrected chi connectivity index (χ0v) is 20.6. The molecule has 0 spiro atoms. The molecule has 6 nitrogen and oxygen atoms in total. The molecule has 0 saturated heterocycles. The lowest BCUT2D eigenvalue weighted by Gasteiger charge is -2.10. The summed E-state index contributed by atoms with van der Waals surface area (Å²) < 4.78 is 5.68. The number of amides is 1. The average Bonchev–Trinajstić information content (AvgIpc) is 3.37. The molecule has 0 atom stereocenters. The number of anilines is 1. The van der Waals surface area contributed by atoms with Crippen molar-refractivity contribution < 1.29 is 9.53 Å². The van der Waals surface area contributed by atoms with E-state index >= 15 is 0 Å². The van der Waals surface area contributed by atoms with Crippen LogP contribution in [-0.4, -0.2) is 33.2 Å². The Balaban J connectivity index is 1.37. The summed E-state index contributed by atoms with van der Waals surface area (Å²) in [6.45, 7) is 2.51. The summed E-state index contributed by atoms with van der Waals surface area (Å²) in [6, 6.07) is 25.5.